The zero-order chi connectivity index (χ0) is 39.7. The van der Waals surface area contributed by atoms with Crippen LogP contribution in [-0.4, -0.2) is 75.0 Å². The van der Waals surface area contributed by atoms with Crippen LogP contribution < -0.4 is 10.6 Å². The molecule has 5 aromatic rings. The van der Waals surface area contributed by atoms with Gasteiger partial charge in [0.2, 0.25) is 17.7 Å². The van der Waals surface area contributed by atoms with Crippen LogP contribution >= 0.6 is 0 Å². The van der Waals surface area contributed by atoms with Crippen molar-refractivity contribution in [3.63, 3.8) is 0 Å². The highest BCUT2D eigenvalue weighted by atomic mass is 16.6. The first-order valence-electron chi connectivity index (χ1n) is 18.7. The molecule has 7 rings (SSSR count). The Kier molecular flexibility index (Phi) is 11.9. The molecule has 2 aliphatic heterocycles. The van der Waals surface area contributed by atoms with Crippen LogP contribution in [0.25, 0.3) is 22.6 Å². The summed E-state index contributed by atoms with van der Waals surface area (Å²) in [4.78, 5) is 71.3. The third-order valence-corrected chi connectivity index (χ3v) is 9.80. The summed E-state index contributed by atoms with van der Waals surface area (Å²) in [7, 11) is 0. The molecule has 0 bridgehead atoms. The summed E-state index contributed by atoms with van der Waals surface area (Å²) < 4.78 is 16.9. The molecule has 4 amide bonds. The molecular formula is C43H41N5O9. The van der Waals surface area contributed by atoms with Crippen molar-refractivity contribution >= 4 is 41.3 Å². The molecule has 14 nitrogen and oxygen atoms in total. The summed E-state index contributed by atoms with van der Waals surface area (Å²) in [5.41, 5.74) is 4.26. The van der Waals surface area contributed by atoms with Gasteiger partial charge < -0.3 is 29.6 Å². The van der Waals surface area contributed by atoms with E-state index in [-0.39, 0.29) is 30.9 Å². The van der Waals surface area contributed by atoms with Crippen molar-refractivity contribution in [1.82, 2.24) is 14.8 Å². The number of aliphatic carboxylic acids is 1. The van der Waals surface area contributed by atoms with Crippen molar-refractivity contribution in [2.75, 3.05) is 23.7 Å². The predicted molar refractivity (Wildman–Crippen MR) is 209 cm³/mol. The van der Waals surface area contributed by atoms with Crippen LogP contribution in [0.3, 0.4) is 0 Å². The quantitative estimate of drug-likeness (QED) is 0.118. The first-order chi connectivity index (χ1) is 27.7. The van der Waals surface area contributed by atoms with E-state index in [1.165, 1.54) is 9.80 Å². The van der Waals surface area contributed by atoms with Crippen LogP contribution in [0, 0.1) is 0 Å². The standard InChI is InChI=1S/C43H41N5O9/c49-37(50)25-36-46-38(30-15-19-32(20-16-30)44-40(51)34-13-7-23-47(34)42(53)55-26-28-9-3-1-4-10-28)39(57-36)31-17-21-33(22-18-31)45-41(52)35-14-8-24-48(35)43(54)56-27-29-11-5-2-6-12-29/h1-6,9-12,15-22,34-35H,7-8,13-14,23-27H2,(H,44,51)(H,45,52)(H,49,50). The second-order valence-corrected chi connectivity index (χ2v) is 13.8. The van der Waals surface area contributed by atoms with E-state index in [4.69, 9.17) is 13.9 Å². The number of rotatable bonds is 12. The van der Waals surface area contributed by atoms with Gasteiger partial charge in [0.25, 0.3) is 0 Å². The molecule has 14 heteroatoms. The fourth-order valence-electron chi connectivity index (χ4n) is 6.95. The Balaban J connectivity index is 0.993. The van der Waals surface area contributed by atoms with Gasteiger partial charge in [-0.15, -0.1) is 0 Å². The maximum absolute atomic E-state index is 13.3. The summed E-state index contributed by atoms with van der Waals surface area (Å²) in [5, 5.41) is 15.2. The van der Waals surface area contributed by atoms with Crippen molar-refractivity contribution in [3.8, 4) is 22.6 Å². The van der Waals surface area contributed by atoms with Gasteiger partial charge in [-0.3, -0.25) is 24.2 Å². The molecule has 292 valence electrons. The van der Waals surface area contributed by atoms with E-state index < -0.39 is 36.7 Å². The van der Waals surface area contributed by atoms with Gasteiger partial charge in [0.15, 0.2) is 5.76 Å². The third kappa shape index (κ3) is 9.47. The molecule has 3 heterocycles. The number of nitrogens with zero attached hydrogens (tertiary/aromatic N) is 3. The van der Waals surface area contributed by atoms with Gasteiger partial charge in [-0.1, -0.05) is 72.8 Å². The molecule has 3 N–H and O–H groups in total. The molecule has 0 radical (unpaired) electrons. The molecule has 2 saturated heterocycles. The highest BCUT2D eigenvalue weighted by Crippen LogP contribution is 2.34. The number of ether oxygens (including phenoxy) is 2. The monoisotopic (exact) mass is 771 g/mol. The number of anilines is 2. The van der Waals surface area contributed by atoms with Gasteiger partial charge >= 0.3 is 18.2 Å². The number of aromatic nitrogens is 1. The minimum Gasteiger partial charge on any atom is -0.481 e. The van der Waals surface area contributed by atoms with Crippen LogP contribution in [0.2, 0.25) is 0 Å². The lowest BCUT2D eigenvalue weighted by molar-refractivity contribution is -0.136. The molecule has 2 aliphatic rings. The molecule has 2 unspecified atom stereocenters. The molecule has 4 aromatic carbocycles. The molecule has 0 saturated carbocycles. The SMILES string of the molecule is O=C(O)Cc1nc(-c2ccc(NC(=O)C3CCCN3C(=O)OCc3ccccc3)cc2)c(-c2ccc(NC(=O)C3CCCN3C(=O)OCc3ccccc3)cc2)o1. The number of amides is 4. The zero-order valence-electron chi connectivity index (χ0n) is 31.0. The fraction of sp³-hybridized carbons (Fsp3) is 0.256. The lowest BCUT2D eigenvalue weighted by Crippen LogP contribution is -2.43. The Morgan fingerprint density at radius 3 is 1.56 bits per heavy atom. The largest absolute Gasteiger partial charge is 0.481 e. The molecule has 2 fully saturated rings. The van der Waals surface area contributed by atoms with E-state index in [0.717, 1.165) is 11.1 Å². The Labute approximate surface area is 328 Å². The van der Waals surface area contributed by atoms with Crippen molar-refractivity contribution in [3.05, 3.63) is 126 Å². The third-order valence-electron chi connectivity index (χ3n) is 9.80. The Morgan fingerprint density at radius 2 is 1.11 bits per heavy atom. The van der Waals surface area contributed by atoms with E-state index in [0.29, 0.717) is 72.7 Å². The van der Waals surface area contributed by atoms with Crippen LogP contribution in [0.1, 0.15) is 42.7 Å². The smallest absolute Gasteiger partial charge is 0.410 e. The van der Waals surface area contributed by atoms with Crippen LogP contribution in [-0.2, 0) is 43.5 Å². The number of carbonyl (C=O) groups excluding carboxylic acids is 4. The van der Waals surface area contributed by atoms with E-state index in [9.17, 15) is 29.1 Å². The molecule has 1 aromatic heterocycles. The van der Waals surface area contributed by atoms with E-state index in [1.807, 2.05) is 60.7 Å². The van der Waals surface area contributed by atoms with Gasteiger partial charge in [-0.05, 0) is 73.2 Å². The van der Waals surface area contributed by atoms with Crippen molar-refractivity contribution < 1.29 is 43.0 Å². The van der Waals surface area contributed by atoms with Crippen molar-refractivity contribution in [2.45, 2.75) is 57.4 Å². The minimum atomic E-state index is -1.11. The van der Waals surface area contributed by atoms with Crippen LogP contribution in [0.4, 0.5) is 21.0 Å². The number of likely N-dealkylation sites (tertiary alicyclic amines) is 2. The predicted octanol–water partition coefficient (Wildman–Crippen LogP) is 7.12. The second-order valence-electron chi connectivity index (χ2n) is 13.8. The zero-order valence-corrected chi connectivity index (χ0v) is 31.0. The van der Waals surface area contributed by atoms with Crippen LogP contribution in [0.5, 0.6) is 0 Å². The lowest BCUT2D eigenvalue weighted by Gasteiger charge is -2.23. The molecule has 57 heavy (non-hydrogen) atoms. The number of carbonyl (C=O) groups is 5. The second kappa shape index (κ2) is 17.7. The first kappa shape index (κ1) is 38.3. The Bertz CT molecular complexity index is 2060. The number of benzene rings is 4. The van der Waals surface area contributed by atoms with Gasteiger partial charge in [-0.2, -0.15) is 0 Å². The van der Waals surface area contributed by atoms with Crippen molar-refractivity contribution in [1.29, 1.82) is 0 Å². The molecular weight excluding hydrogens is 730 g/mol. The Hall–Kier alpha value is -6.96. The number of carboxylic acid groups (broad SMARTS) is 1. The van der Waals surface area contributed by atoms with E-state index in [1.54, 1.807) is 48.5 Å². The minimum absolute atomic E-state index is 0.00297. The summed E-state index contributed by atoms with van der Waals surface area (Å²) in [6, 6.07) is 30.9. The van der Waals surface area contributed by atoms with Gasteiger partial charge in [0.1, 0.15) is 37.4 Å². The summed E-state index contributed by atoms with van der Waals surface area (Å²) in [6.07, 6.45) is 0.817. The lowest BCUT2D eigenvalue weighted by atomic mass is 10.0. The molecule has 0 aliphatic carbocycles. The van der Waals surface area contributed by atoms with E-state index in [2.05, 4.69) is 15.6 Å². The van der Waals surface area contributed by atoms with Gasteiger partial charge in [0.05, 0.1) is 0 Å². The maximum Gasteiger partial charge on any atom is 0.410 e. The highest BCUT2D eigenvalue weighted by molar-refractivity contribution is 5.98. The average molecular weight is 772 g/mol. The van der Waals surface area contributed by atoms with E-state index >= 15 is 0 Å². The van der Waals surface area contributed by atoms with Gasteiger partial charge in [0, 0.05) is 35.6 Å². The average Bonchev–Trinajstić information content (AvgIpc) is 4.01. The molecule has 2 atom stereocenters. The number of carboxylic acids is 1. The Morgan fingerprint density at radius 1 is 0.649 bits per heavy atom. The highest BCUT2D eigenvalue weighted by Gasteiger charge is 2.36. The normalized spacial score (nSPS) is 16.2. The van der Waals surface area contributed by atoms with Crippen molar-refractivity contribution in [2.24, 2.45) is 0 Å². The number of oxazole rings is 1. The first-order valence-corrected chi connectivity index (χ1v) is 18.7. The van der Waals surface area contributed by atoms with Gasteiger partial charge in [-0.25, -0.2) is 14.6 Å². The molecule has 0 spiro atoms. The maximum atomic E-state index is 13.3. The fourth-order valence-corrected chi connectivity index (χ4v) is 6.95. The number of hydrogen-bond donors (Lipinski definition) is 3. The summed E-state index contributed by atoms with van der Waals surface area (Å²) in [5.74, 6) is -1.46. The summed E-state index contributed by atoms with van der Waals surface area (Å²) >= 11 is 0. The van der Waals surface area contributed by atoms with Crippen LogP contribution in [0.15, 0.2) is 114 Å². The summed E-state index contributed by atoms with van der Waals surface area (Å²) in [6.45, 7) is 1.05. The number of nitrogens with one attached hydrogen (secondary N) is 2. The topological polar surface area (TPSA) is 181 Å². The number of hydrogen-bond acceptors (Lipinski definition) is 9.